The Hall–Kier alpha value is -2.19. The summed E-state index contributed by atoms with van der Waals surface area (Å²) in [5.74, 6) is 0.185. The fourth-order valence-electron chi connectivity index (χ4n) is 2.11. The van der Waals surface area contributed by atoms with Crippen LogP contribution in [0.15, 0.2) is 36.4 Å². The molecule has 0 amide bonds. The molecule has 0 heterocycles. The largest absolute Gasteiger partial charge is 0.456 e. The first-order valence-corrected chi connectivity index (χ1v) is 7.30. The van der Waals surface area contributed by atoms with Crippen LogP contribution in [0.1, 0.15) is 30.0 Å². The molecule has 0 bridgehead atoms. The van der Waals surface area contributed by atoms with E-state index in [-0.39, 0.29) is 17.1 Å². The Balaban J connectivity index is 2.35. The zero-order valence-corrected chi connectivity index (χ0v) is 13.0. The lowest BCUT2D eigenvalue weighted by Crippen LogP contribution is -2.06. The smallest absolute Gasteiger partial charge is 0.417 e. The molecule has 2 aromatic carbocycles. The quantitative estimate of drug-likeness (QED) is 0.687. The zero-order chi connectivity index (χ0) is 17.0. The second-order valence-electron chi connectivity index (χ2n) is 4.93. The van der Waals surface area contributed by atoms with Crippen molar-refractivity contribution in [2.24, 2.45) is 0 Å². The summed E-state index contributed by atoms with van der Waals surface area (Å²) >= 11 is 5.57. The van der Waals surface area contributed by atoms with E-state index in [0.29, 0.717) is 0 Å². The first kappa shape index (κ1) is 17.2. The minimum atomic E-state index is -4.57. The van der Waals surface area contributed by atoms with Crippen molar-refractivity contribution in [2.75, 3.05) is 0 Å². The monoisotopic (exact) mass is 339 g/mol. The maximum Gasteiger partial charge on any atom is 0.417 e. The van der Waals surface area contributed by atoms with E-state index in [1.165, 1.54) is 6.07 Å². The zero-order valence-electron chi connectivity index (χ0n) is 12.2. The van der Waals surface area contributed by atoms with E-state index < -0.39 is 16.8 Å². The van der Waals surface area contributed by atoms with E-state index in [0.717, 1.165) is 30.5 Å². The van der Waals surface area contributed by atoms with Gasteiger partial charge in [-0.15, -0.1) is 0 Å². The van der Waals surface area contributed by atoms with Crippen LogP contribution in [-0.4, -0.2) is 0 Å². The van der Waals surface area contributed by atoms with Gasteiger partial charge >= 0.3 is 6.18 Å². The van der Waals surface area contributed by atoms with E-state index in [9.17, 15) is 18.4 Å². The van der Waals surface area contributed by atoms with E-state index in [2.05, 4.69) is 0 Å². The molecule has 0 spiro atoms. The molecule has 0 atom stereocenters. The maximum atomic E-state index is 12.9. The number of alkyl halides is 3. The predicted octanol–water partition coefficient (Wildman–Crippen LogP) is 5.98. The Morgan fingerprint density at radius 2 is 1.91 bits per heavy atom. The number of hydrogen-bond acceptors (Lipinski definition) is 2. The molecule has 0 aliphatic carbocycles. The van der Waals surface area contributed by atoms with E-state index >= 15 is 0 Å². The molecule has 6 heteroatoms. The highest BCUT2D eigenvalue weighted by Crippen LogP contribution is 2.38. The Bertz CT molecular complexity index is 750. The second kappa shape index (κ2) is 6.93. The van der Waals surface area contributed by atoms with Crippen LogP contribution in [0, 0.1) is 11.3 Å². The molecular weight excluding hydrogens is 327 g/mol. The Labute approximate surface area is 137 Å². The van der Waals surface area contributed by atoms with Gasteiger partial charge in [0.25, 0.3) is 0 Å². The summed E-state index contributed by atoms with van der Waals surface area (Å²) in [5, 5.41) is 8.79. The normalized spacial score (nSPS) is 11.1. The minimum absolute atomic E-state index is 0.0264. The van der Waals surface area contributed by atoms with Crippen LogP contribution in [0.3, 0.4) is 0 Å². The second-order valence-corrected chi connectivity index (χ2v) is 5.34. The van der Waals surface area contributed by atoms with Gasteiger partial charge in [-0.05, 0) is 42.3 Å². The third-order valence-electron chi connectivity index (χ3n) is 3.17. The molecule has 0 saturated heterocycles. The van der Waals surface area contributed by atoms with Crippen LogP contribution < -0.4 is 4.74 Å². The van der Waals surface area contributed by atoms with Crippen LogP contribution >= 0.6 is 11.6 Å². The number of nitrogens with zero attached hydrogens (tertiary/aromatic N) is 1. The molecule has 120 valence electrons. The van der Waals surface area contributed by atoms with E-state index in [1.54, 1.807) is 18.2 Å². The number of ether oxygens (including phenoxy) is 1. The van der Waals surface area contributed by atoms with Crippen molar-refractivity contribution in [3.8, 4) is 17.6 Å². The van der Waals surface area contributed by atoms with Gasteiger partial charge in [0.05, 0.1) is 16.1 Å². The molecule has 0 saturated carbocycles. The summed E-state index contributed by atoms with van der Waals surface area (Å²) in [6.45, 7) is 2.02. The Morgan fingerprint density at radius 1 is 1.17 bits per heavy atom. The van der Waals surface area contributed by atoms with Crippen molar-refractivity contribution in [3.63, 3.8) is 0 Å². The third kappa shape index (κ3) is 4.17. The van der Waals surface area contributed by atoms with Crippen molar-refractivity contribution < 1.29 is 17.9 Å². The van der Waals surface area contributed by atoms with Crippen molar-refractivity contribution >= 4 is 11.6 Å². The van der Waals surface area contributed by atoms with Gasteiger partial charge in [-0.3, -0.25) is 0 Å². The average Bonchev–Trinajstić information content (AvgIpc) is 2.49. The summed E-state index contributed by atoms with van der Waals surface area (Å²) in [7, 11) is 0. The number of aryl methyl sites for hydroxylation is 1. The van der Waals surface area contributed by atoms with Crippen molar-refractivity contribution in [2.45, 2.75) is 25.9 Å². The predicted molar refractivity (Wildman–Crippen MR) is 81.7 cm³/mol. The first-order valence-electron chi connectivity index (χ1n) is 6.92. The van der Waals surface area contributed by atoms with Crippen LogP contribution in [0.25, 0.3) is 0 Å². The molecule has 0 radical (unpaired) electrons. The fourth-order valence-corrected chi connectivity index (χ4v) is 2.33. The number of halogens is 4. The Kier molecular flexibility index (Phi) is 5.17. The summed E-state index contributed by atoms with van der Waals surface area (Å²) in [6, 6.07) is 10.3. The molecule has 0 aliphatic heterocycles. The maximum absolute atomic E-state index is 12.9. The molecule has 0 fully saturated rings. The lowest BCUT2D eigenvalue weighted by atomic mass is 10.1. The molecule has 23 heavy (non-hydrogen) atoms. The van der Waals surface area contributed by atoms with Crippen LogP contribution in [0.5, 0.6) is 11.5 Å². The lowest BCUT2D eigenvalue weighted by Gasteiger charge is -2.13. The van der Waals surface area contributed by atoms with Crippen LogP contribution in [-0.2, 0) is 12.6 Å². The average molecular weight is 340 g/mol. The SMILES string of the molecule is CCCc1ccc(Oc2ccc(Cl)c(C(F)(F)F)c2)c(C#N)c1. The van der Waals surface area contributed by atoms with Crippen molar-refractivity contribution in [3.05, 3.63) is 58.1 Å². The molecule has 0 aliphatic rings. The van der Waals surface area contributed by atoms with Gasteiger partial charge < -0.3 is 4.74 Å². The van der Waals surface area contributed by atoms with Gasteiger partial charge in [0, 0.05) is 0 Å². The number of nitriles is 1. The summed E-state index contributed by atoms with van der Waals surface area (Å²) in [6.07, 6.45) is -2.83. The highest BCUT2D eigenvalue weighted by Gasteiger charge is 2.33. The van der Waals surface area contributed by atoms with E-state index in [1.807, 2.05) is 13.0 Å². The van der Waals surface area contributed by atoms with Crippen LogP contribution in [0.2, 0.25) is 5.02 Å². The first-order chi connectivity index (χ1) is 10.8. The van der Waals surface area contributed by atoms with Gasteiger partial charge in [0.15, 0.2) is 0 Å². The van der Waals surface area contributed by atoms with Gasteiger partial charge in [-0.25, -0.2) is 0 Å². The lowest BCUT2D eigenvalue weighted by molar-refractivity contribution is -0.137. The molecule has 2 rings (SSSR count). The van der Waals surface area contributed by atoms with Gasteiger partial charge in [-0.2, -0.15) is 18.4 Å². The van der Waals surface area contributed by atoms with Crippen LogP contribution in [0.4, 0.5) is 13.2 Å². The van der Waals surface area contributed by atoms with E-state index in [4.69, 9.17) is 16.3 Å². The molecule has 0 unspecified atom stereocenters. The number of rotatable bonds is 4. The van der Waals surface area contributed by atoms with Crippen molar-refractivity contribution in [1.82, 2.24) is 0 Å². The van der Waals surface area contributed by atoms with Gasteiger partial charge in [-0.1, -0.05) is 31.0 Å². The number of hydrogen-bond donors (Lipinski definition) is 0. The molecule has 0 N–H and O–H groups in total. The van der Waals surface area contributed by atoms with Gasteiger partial charge in [0.1, 0.15) is 17.6 Å². The Morgan fingerprint density at radius 3 is 2.52 bits per heavy atom. The molecule has 2 nitrogen and oxygen atoms in total. The van der Waals surface area contributed by atoms with Gasteiger partial charge in [0.2, 0.25) is 0 Å². The highest BCUT2D eigenvalue weighted by atomic mass is 35.5. The third-order valence-corrected chi connectivity index (χ3v) is 3.50. The summed E-state index contributed by atoms with van der Waals surface area (Å²) in [4.78, 5) is 0. The fraction of sp³-hybridized carbons (Fsp3) is 0.235. The topological polar surface area (TPSA) is 33.0 Å². The molecule has 2 aromatic rings. The highest BCUT2D eigenvalue weighted by molar-refractivity contribution is 6.31. The minimum Gasteiger partial charge on any atom is -0.456 e. The standard InChI is InChI=1S/C17H13ClF3NO/c1-2-3-11-4-7-16(12(8-11)10-22)23-13-5-6-15(18)14(9-13)17(19,20)21/h4-9H,2-3H2,1H3. The molecular formula is C17H13ClF3NO. The summed E-state index contributed by atoms with van der Waals surface area (Å²) in [5.41, 5.74) is 0.278. The van der Waals surface area contributed by atoms with Crippen molar-refractivity contribution in [1.29, 1.82) is 5.26 Å². The number of benzene rings is 2. The molecule has 0 aromatic heterocycles. The summed E-state index contributed by atoms with van der Waals surface area (Å²) < 4.78 is 44.0.